The Labute approximate surface area is 347 Å². The number of halogens is 1. The van der Waals surface area contributed by atoms with Gasteiger partial charge < -0.3 is 35.1 Å². The number of nitrogens with zero attached hydrogens (tertiary/aromatic N) is 5. The Morgan fingerprint density at radius 2 is 1.56 bits per heavy atom. The van der Waals surface area contributed by atoms with Gasteiger partial charge in [-0.05, 0) is 42.3 Å². The molecule has 6 atom stereocenters. The standard InChI is InChI=1S/C42H62FN6O9P/c1-2-3-4-5-6-7-8-9-10-11-12-13-14-15-16-17-18-21-54-27-35(55-26-33-22-32(25-44)23-34(43)24-33)28-56-59(52,53)57-29-37-39(50)40(51)42(30-45,58-37)38-20-19-36-41(46)47-31-48-49(36)38/h19-20,22-24,31,35,37,39-40,50-51H,2-18,21,26-29H2,1H3,(H,52,53)(H2,46,47,48)/t35-,37-,39-,40-,42+/m1/s1. The molecular formula is C42H62FN6O9P. The number of fused-ring (bicyclic) bond motifs is 1. The number of hydrogen-bond donors (Lipinski definition) is 4. The first-order valence-corrected chi connectivity index (χ1v) is 22.6. The van der Waals surface area contributed by atoms with Crippen molar-refractivity contribution < 1.29 is 47.3 Å². The number of aromatic nitrogens is 3. The molecule has 4 rings (SSSR count). The van der Waals surface area contributed by atoms with E-state index in [0.717, 1.165) is 31.7 Å². The number of phosphoric acid groups is 1. The van der Waals surface area contributed by atoms with Gasteiger partial charge in [-0.25, -0.2) is 18.5 Å². The Bertz CT molecular complexity index is 1840. The molecule has 1 saturated heterocycles. The molecule has 1 aliphatic rings. The van der Waals surface area contributed by atoms with E-state index in [1.165, 1.54) is 119 Å². The van der Waals surface area contributed by atoms with E-state index in [2.05, 4.69) is 17.0 Å². The zero-order valence-electron chi connectivity index (χ0n) is 34.3. The van der Waals surface area contributed by atoms with Crippen molar-refractivity contribution in [3.63, 3.8) is 0 Å². The fourth-order valence-electron chi connectivity index (χ4n) is 7.23. The summed E-state index contributed by atoms with van der Waals surface area (Å²) in [5.41, 5.74) is 4.64. The third-order valence-corrected chi connectivity index (χ3v) is 11.5. The third kappa shape index (κ3) is 15.2. The first-order valence-electron chi connectivity index (χ1n) is 21.1. The van der Waals surface area contributed by atoms with Crippen LogP contribution in [0.1, 0.15) is 133 Å². The fourth-order valence-corrected chi connectivity index (χ4v) is 8.00. The minimum absolute atomic E-state index is 0.0139. The molecule has 326 valence electrons. The molecule has 3 aromatic rings. The highest BCUT2D eigenvalue weighted by Gasteiger charge is 2.58. The molecule has 0 bridgehead atoms. The van der Waals surface area contributed by atoms with Crippen LogP contribution in [-0.2, 0) is 40.0 Å². The number of aliphatic hydroxyl groups excluding tert-OH is 2. The van der Waals surface area contributed by atoms with Gasteiger partial charge in [-0.3, -0.25) is 9.05 Å². The minimum Gasteiger partial charge on any atom is -0.387 e. The number of unbranched alkanes of at least 4 members (excludes halogenated alkanes) is 16. The SMILES string of the molecule is CCCCCCCCCCCCCCCCCCCOC[C@H](COP(=O)(O)OC[C@H]1O[C@@](C#N)(c2ccc3c(N)ncnn23)[C@H](O)[C@@H]1O)OCc1cc(F)cc(C#N)c1. The minimum atomic E-state index is -4.83. The molecule has 17 heteroatoms. The molecule has 1 aliphatic heterocycles. The number of nitriles is 2. The summed E-state index contributed by atoms with van der Waals surface area (Å²) in [5.74, 6) is -0.500. The Morgan fingerprint density at radius 3 is 2.17 bits per heavy atom. The van der Waals surface area contributed by atoms with Gasteiger partial charge in [-0.2, -0.15) is 15.6 Å². The first-order chi connectivity index (χ1) is 28.5. The molecule has 59 heavy (non-hydrogen) atoms. The Hall–Kier alpha value is -3.54. The van der Waals surface area contributed by atoms with Crippen molar-refractivity contribution in [1.29, 1.82) is 10.5 Å². The molecule has 1 fully saturated rings. The van der Waals surface area contributed by atoms with Crippen LogP contribution in [0.3, 0.4) is 0 Å². The number of rotatable bonds is 30. The summed E-state index contributed by atoms with van der Waals surface area (Å²) in [6.07, 6.45) is 16.8. The monoisotopic (exact) mass is 844 g/mol. The van der Waals surface area contributed by atoms with E-state index in [-0.39, 0.29) is 30.3 Å². The molecule has 5 N–H and O–H groups in total. The molecular weight excluding hydrogens is 782 g/mol. The van der Waals surface area contributed by atoms with Crippen molar-refractivity contribution >= 4 is 19.2 Å². The second-order valence-corrected chi connectivity index (χ2v) is 16.7. The van der Waals surface area contributed by atoms with Gasteiger partial charge in [0.05, 0.1) is 43.8 Å². The predicted octanol–water partition coefficient (Wildman–Crippen LogP) is 7.55. The van der Waals surface area contributed by atoms with Gasteiger partial charge in [0.1, 0.15) is 48.1 Å². The number of phosphoric ester groups is 1. The van der Waals surface area contributed by atoms with E-state index in [0.29, 0.717) is 17.7 Å². The molecule has 0 aliphatic carbocycles. The lowest BCUT2D eigenvalue weighted by atomic mass is 9.92. The van der Waals surface area contributed by atoms with E-state index in [1.807, 2.05) is 12.1 Å². The first kappa shape index (κ1) is 48.1. The number of benzene rings is 1. The van der Waals surface area contributed by atoms with E-state index in [1.54, 1.807) is 0 Å². The molecule has 0 saturated carbocycles. The maximum absolute atomic E-state index is 14.1. The van der Waals surface area contributed by atoms with Crippen LogP contribution < -0.4 is 5.73 Å². The van der Waals surface area contributed by atoms with E-state index in [9.17, 15) is 34.6 Å². The van der Waals surface area contributed by atoms with Gasteiger partial charge in [-0.15, -0.1) is 0 Å². The highest BCUT2D eigenvalue weighted by Crippen LogP contribution is 2.46. The van der Waals surface area contributed by atoms with Gasteiger partial charge in [0.15, 0.2) is 5.82 Å². The fraction of sp³-hybridized carbons (Fsp3) is 0.667. The molecule has 1 aromatic carbocycles. The summed E-state index contributed by atoms with van der Waals surface area (Å²) in [6, 6.07) is 10.5. The van der Waals surface area contributed by atoms with E-state index >= 15 is 0 Å². The lowest BCUT2D eigenvalue weighted by Crippen LogP contribution is -2.41. The summed E-state index contributed by atoms with van der Waals surface area (Å²) in [6.45, 7) is 1.32. The normalized spacial score (nSPS) is 20.7. The van der Waals surface area contributed by atoms with Crippen LogP contribution in [0.25, 0.3) is 5.52 Å². The second-order valence-electron chi connectivity index (χ2n) is 15.3. The average molecular weight is 845 g/mol. The molecule has 0 amide bonds. The average Bonchev–Trinajstić information content (AvgIpc) is 3.77. The number of anilines is 1. The Morgan fingerprint density at radius 1 is 0.932 bits per heavy atom. The van der Waals surface area contributed by atoms with Crippen LogP contribution in [0.5, 0.6) is 0 Å². The van der Waals surface area contributed by atoms with Crippen molar-refractivity contribution in [3.8, 4) is 12.1 Å². The summed E-state index contributed by atoms with van der Waals surface area (Å²) in [7, 11) is -4.83. The van der Waals surface area contributed by atoms with Crippen molar-refractivity contribution in [2.24, 2.45) is 0 Å². The number of ether oxygens (including phenoxy) is 3. The summed E-state index contributed by atoms with van der Waals surface area (Å²) < 4.78 is 56.3. The summed E-state index contributed by atoms with van der Waals surface area (Å²) in [5, 5.41) is 45.2. The van der Waals surface area contributed by atoms with Crippen molar-refractivity contribution in [2.75, 3.05) is 32.2 Å². The lowest BCUT2D eigenvalue weighted by molar-refractivity contribution is -0.0690. The third-order valence-electron chi connectivity index (χ3n) is 10.6. The topological polar surface area (TPSA) is 228 Å². The Kier molecular flexibility index (Phi) is 20.6. The summed E-state index contributed by atoms with van der Waals surface area (Å²) >= 11 is 0. The van der Waals surface area contributed by atoms with Gasteiger partial charge >= 0.3 is 7.82 Å². The predicted molar refractivity (Wildman–Crippen MR) is 218 cm³/mol. The van der Waals surface area contributed by atoms with Gasteiger partial charge in [0.2, 0.25) is 5.60 Å². The highest BCUT2D eigenvalue weighted by atomic mass is 31.2. The van der Waals surface area contributed by atoms with Crippen molar-refractivity contribution in [1.82, 2.24) is 14.6 Å². The van der Waals surface area contributed by atoms with E-state index < -0.39 is 56.9 Å². The van der Waals surface area contributed by atoms with Gasteiger partial charge in [0.25, 0.3) is 0 Å². The lowest BCUT2D eigenvalue weighted by Gasteiger charge is -2.24. The van der Waals surface area contributed by atoms with Gasteiger partial charge in [-0.1, -0.05) is 110 Å². The maximum atomic E-state index is 14.1. The smallest absolute Gasteiger partial charge is 0.387 e. The van der Waals surface area contributed by atoms with Crippen LogP contribution in [0.15, 0.2) is 36.7 Å². The maximum Gasteiger partial charge on any atom is 0.472 e. The highest BCUT2D eigenvalue weighted by molar-refractivity contribution is 7.47. The zero-order valence-corrected chi connectivity index (χ0v) is 35.2. The number of nitrogen functional groups attached to an aromatic ring is 1. The van der Waals surface area contributed by atoms with Crippen LogP contribution in [0.2, 0.25) is 0 Å². The summed E-state index contributed by atoms with van der Waals surface area (Å²) in [4.78, 5) is 14.5. The zero-order chi connectivity index (χ0) is 42.5. The number of nitrogens with two attached hydrogens (primary N) is 1. The molecule has 3 heterocycles. The quantitative estimate of drug-likeness (QED) is 0.0375. The largest absolute Gasteiger partial charge is 0.472 e. The molecule has 2 aromatic heterocycles. The van der Waals surface area contributed by atoms with Crippen LogP contribution in [-0.4, -0.2) is 80.5 Å². The van der Waals surface area contributed by atoms with Crippen LogP contribution in [0.4, 0.5) is 10.2 Å². The van der Waals surface area contributed by atoms with E-state index in [4.69, 9.17) is 29.0 Å². The molecule has 1 unspecified atom stereocenters. The molecule has 15 nitrogen and oxygen atoms in total. The van der Waals surface area contributed by atoms with Crippen LogP contribution in [0, 0.1) is 28.5 Å². The Balaban J connectivity index is 1.18. The second kappa shape index (κ2) is 25.3. The molecule has 0 radical (unpaired) electrons. The molecule has 0 spiro atoms. The van der Waals surface area contributed by atoms with Crippen molar-refractivity contribution in [2.45, 2.75) is 153 Å². The van der Waals surface area contributed by atoms with Crippen molar-refractivity contribution in [3.05, 3.63) is 59.3 Å². The number of hydrogen-bond acceptors (Lipinski definition) is 13. The van der Waals surface area contributed by atoms with Crippen LogP contribution >= 0.6 is 7.82 Å². The van der Waals surface area contributed by atoms with Gasteiger partial charge in [0, 0.05) is 6.61 Å². The number of aliphatic hydroxyl groups is 2.